The molecule has 0 fully saturated rings. The van der Waals surface area contributed by atoms with Gasteiger partial charge in [0.25, 0.3) is 0 Å². The van der Waals surface area contributed by atoms with Gasteiger partial charge in [-0.15, -0.1) is 0 Å². The summed E-state index contributed by atoms with van der Waals surface area (Å²) in [4.78, 5) is 12.7. The predicted octanol–water partition coefficient (Wildman–Crippen LogP) is 3.59. The van der Waals surface area contributed by atoms with E-state index in [2.05, 4.69) is 54.2 Å². The van der Waals surface area contributed by atoms with E-state index in [1.165, 1.54) is 0 Å². The molecule has 0 N–H and O–H groups in total. The van der Waals surface area contributed by atoms with E-state index in [9.17, 15) is 0 Å². The minimum Gasteiger partial charge on any atom is -0.535 e. The topological polar surface area (TPSA) is 56.6 Å². The Morgan fingerprint density at radius 2 is 1.74 bits per heavy atom. The van der Waals surface area contributed by atoms with E-state index in [4.69, 9.17) is 8.85 Å². The molecular formula is C12H23N3O2Si2. The molecule has 5 nitrogen and oxygen atoms in total. The summed E-state index contributed by atoms with van der Waals surface area (Å²) in [6.45, 7) is 14.5. The zero-order chi connectivity index (χ0) is 14.7. The molecule has 0 radical (unpaired) electrons. The number of nitrogens with zero attached hydrogens (tertiary/aromatic N) is 3. The molecule has 1 heterocycles. The van der Waals surface area contributed by atoms with Crippen molar-refractivity contribution >= 4 is 28.4 Å². The smallest absolute Gasteiger partial charge is 0.304 e. The van der Waals surface area contributed by atoms with Gasteiger partial charge in [0.05, 0.1) is 0 Å². The van der Waals surface area contributed by atoms with Crippen molar-refractivity contribution < 1.29 is 8.85 Å². The normalized spacial score (nSPS) is 13.3. The Bertz CT molecular complexity index is 465. The first-order valence-corrected chi connectivity index (χ1v) is 13.1. The minimum absolute atomic E-state index is 0.390. The van der Waals surface area contributed by atoms with Crippen LogP contribution in [0.2, 0.25) is 39.3 Å². The van der Waals surface area contributed by atoms with Crippen molar-refractivity contribution in [3.63, 3.8) is 0 Å². The molecule has 1 rings (SSSR count). The second-order valence-electron chi connectivity index (χ2n) is 6.26. The number of aromatic nitrogens is 2. The first kappa shape index (κ1) is 15.8. The fourth-order valence-electron chi connectivity index (χ4n) is 1.34. The van der Waals surface area contributed by atoms with Crippen molar-refractivity contribution in [2.45, 2.75) is 46.2 Å². The molecule has 0 aliphatic rings. The number of hydrogen-bond donors (Lipinski definition) is 0. The zero-order valence-electron chi connectivity index (χ0n) is 12.8. The van der Waals surface area contributed by atoms with Crippen LogP contribution in [0.15, 0.2) is 17.3 Å². The lowest BCUT2D eigenvalue weighted by Gasteiger charge is -2.18. The Kier molecular flexibility index (Phi) is 4.86. The zero-order valence-corrected chi connectivity index (χ0v) is 14.8. The van der Waals surface area contributed by atoms with Crippen molar-refractivity contribution in [2.24, 2.45) is 4.99 Å². The summed E-state index contributed by atoms with van der Waals surface area (Å²) < 4.78 is 11.5. The van der Waals surface area contributed by atoms with Crippen LogP contribution in [0, 0.1) is 0 Å². The van der Waals surface area contributed by atoms with Gasteiger partial charge in [0, 0.05) is 19.2 Å². The summed E-state index contributed by atoms with van der Waals surface area (Å²) in [5.41, 5.74) is 0. The highest BCUT2D eigenvalue weighted by atomic mass is 28.4. The maximum atomic E-state index is 5.78. The van der Waals surface area contributed by atoms with E-state index in [-0.39, 0.29) is 0 Å². The molecule has 1 aromatic rings. The molecule has 0 aliphatic carbocycles. The summed E-state index contributed by atoms with van der Waals surface area (Å²) in [6, 6.07) is 2.13. The van der Waals surface area contributed by atoms with Crippen LogP contribution in [0.4, 0.5) is 5.82 Å². The Hall–Kier alpha value is -1.22. The summed E-state index contributed by atoms with van der Waals surface area (Å²) in [5.74, 6) is 1.20. The summed E-state index contributed by atoms with van der Waals surface area (Å²) in [5, 5.41) is 0. The van der Waals surface area contributed by atoms with Gasteiger partial charge in [-0.2, -0.15) is 9.98 Å². The van der Waals surface area contributed by atoms with E-state index < -0.39 is 16.6 Å². The van der Waals surface area contributed by atoms with E-state index in [0.717, 1.165) is 0 Å². The van der Waals surface area contributed by atoms with Gasteiger partial charge in [0.1, 0.15) is 0 Å². The van der Waals surface area contributed by atoms with Gasteiger partial charge < -0.3 is 8.85 Å². The van der Waals surface area contributed by atoms with Crippen molar-refractivity contribution in [3.8, 4) is 6.01 Å². The molecule has 0 saturated heterocycles. The Balaban J connectivity index is 2.85. The standard InChI is InChI=1S/C12H23N3O2Si2/c1-10(16-18(2,3)4)14-11-8-9-13-12(15-11)17-19(5,6)7/h8-9H,1-7H3/b14-10+. The van der Waals surface area contributed by atoms with Gasteiger partial charge in [-0.25, -0.2) is 4.98 Å². The van der Waals surface area contributed by atoms with E-state index in [0.29, 0.717) is 17.7 Å². The van der Waals surface area contributed by atoms with Crippen LogP contribution < -0.4 is 4.43 Å². The molecule has 0 bridgehead atoms. The molecule has 0 spiro atoms. The van der Waals surface area contributed by atoms with Gasteiger partial charge in [-0.3, -0.25) is 0 Å². The Labute approximate surface area is 117 Å². The van der Waals surface area contributed by atoms with Gasteiger partial charge >= 0.3 is 6.01 Å². The molecule has 0 aromatic carbocycles. The molecule has 106 valence electrons. The average Bonchev–Trinajstić information content (AvgIpc) is 2.11. The van der Waals surface area contributed by atoms with Gasteiger partial charge in [0.15, 0.2) is 11.7 Å². The number of aliphatic imine (C=N–C) groups is 1. The second-order valence-corrected chi connectivity index (χ2v) is 15.1. The molecule has 0 amide bonds. The summed E-state index contributed by atoms with van der Waals surface area (Å²) in [6.07, 6.45) is 1.66. The van der Waals surface area contributed by atoms with Gasteiger partial charge in [0.2, 0.25) is 16.6 Å². The van der Waals surface area contributed by atoms with Crippen molar-refractivity contribution in [3.05, 3.63) is 12.3 Å². The highest BCUT2D eigenvalue weighted by molar-refractivity contribution is 6.71. The van der Waals surface area contributed by atoms with Gasteiger partial charge in [-0.05, 0) is 39.3 Å². The van der Waals surface area contributed by atoms with Crippen LogP contribution in [-0.4, -0.2) is 32.5 Å². The molecule has 1 aromatic heterocycles. The third-order valence-electron chi connectivity index (χ3n) is 1.74. The van der Waals surface area contributed by atoms with Crippen LogP contribution in [0.1, 0.15) is 6.92 Å². The molecule has 0 atom stereocenters. The lowest BCUT2D eigenvalue weighted by Crippen LogP contribution is -2.30. The minimum atomic E-state index is -1.70. The SMILES string of the molecule is C/C(=N\c1ccnc(O[Si](C)(C)C)n1)O[Si](C)(C)C. The van der Waals surface area contributed by atoms with E-state index in [1.807, 2.05) is 6.92 Å². The third-order valence-corrected chi connectivity index (χ3v) is 3.44. The third kappa shape index (κ3) is 7.07. The fraction of sp³-hybridized carbons (Fsp3) is 0.583. The molecular weight excluding hydrogens is 274 g/mol. The number of hydrogen-bond acceptors (Lipinski definition) is 5. The summed E-state index contributed by atoms with van der Waals surface area (Å²) in [7, 11) is -3.32. The first-order chi connectivity index (χ1) is 8.55. The van der Waals surface area contributed by atoms with Crippen molar-refractivity contribution in [2.75, 3.05) is 0 Å². The van der Waals surface area contributed by atoms with Crippen LogP contribution in [-0.2, 0) is 4.43 Å². The van der Waals surface area contributed by atoms with E-state index in [1.54, 1.807) is 12.3 Å². The molecule has 0 unspecified atom stereocenters. The van der Waals surface area contributed by atoms with E-state index >= 15 is 0 Å². The average molecular weight is 298 g/mol. The Morgan fingerprint density at radius 1 is 1.11 bits per heavy atom. The highest BCUT2D eigenvalue weighted by Crippen LogP contribution is 2.15. The Morgan fingerprint density at radius 3 is 2.26 bits per heavy atom. The second kappa shape index (κ2) is 5.83. The lowest BCUT2D eigenvalue weighted by atomic mass is 10.6. The van der Waals surface area contributed by atoms with Crippen LogP contribution >= 0.6 is 0 Å². The quantitative estimate of drug-likeness (QED) is 0.484. The van der Waals surface area contributed by atoms with Crippen LogP contribution in [0.3, 0.4) is 0 Å². The fourth-order valence-corrected chi connectivity index (χ4v) is 2.92. The highest BCUT2D eigenvalue weighted by Gasteiger charge is 2.19. The first-order valence-electron chi connectivity index (χ1n) is 6.31. The van der Waals surface area contributed by atoms with Crippen LogP contribution in [0.25, 0.3) is 0 Å². The maximum Gasteiger partial charge on any atom is 0.304 e. The monoisotopic (exact) mass is 297 g/mol. The number of rotatable bonds is 4. The maximum absolute atomic E-state index is 5.78. The summed E-state index contributed by atoms with van der Waals surface area (Å²) >= 11 is 0. The van der Waals surface area contributed by atoms with Crippen molar-refractivity contribution in [1.82, 2.24) is 9.97 Å². The van der Waals surface area contributed by atoms with Crippen molar-refractivity contribution in [1.29, 1.82) is 0 Å². The molecule has 0 saturated carbocycles. The largest absolute Gasteiger partial charge is 0.535 e. The lowest BCUT2D eigenvalue weighted by molar-refractivity contribution is 0.509. The predicted molar refractivity (Wildman–Crippen MR) is 83.2 cm³/mol. The van der Waals surface area contributed by atoms with Gasteiger partial charge in [-0.1, -0.05) is 0 Å². The molecule has 0 aliphatic heterocycles. The van der Waals surface area contributed by atoms with Crippen LogP contribution in [0.5, 0.6) is 6.01 Å². The molecule has 7 heteroatoms. The molecule has 19 heavy (non-hydrogen) atoms.